The van der Waals surface area contributed by atoms with Gasteiger partial charge in [-0.05, 0) is 36.9 Å². The molecule has 132 valence electrons. The van der Waals surface area contributed by atoms with Crippen LogP contribution in [0.4, 0.5) is 0 Å². The number of carboxylic acid groups (broad SMARTS) is 1. The molecule has 0 saturated carbocycles. The minimum absolute atomic E-state index is 0.0783. The Morgan fingerprint density at radius 1 is 1.40 bits per heavy atom. The molecule has 0 bridgehead atoms. The van der Waals surface area contributed by atoms with E-state index in [-0.39, 0.29) is 24.5 Å². The van der Waals surface area contributed by atoms with Gasteiger partial charge >= 0.3 is 5.97 Å². The Morgan fingerprint density at radius 2 is 2.20 bits per heavy atom. The summed E-state index contributed by atoms with van der Waals surface area (Å²) in [5.74, 6) is -1.10. The van der Waals surface area contributed by atoms with Crippen LogP contribution >= 0.6 is 11.3 Å². The molecule has 2 atom stereocenters. The Bertz CT molecular complexity index is 775. The molecule has 1 fully saturated rings. The maximum Gasteiger partial charge on any atom is 0.305 e. The molecule has 1 saturated heterocycles. The van der Waals surface area contributed by atoms with Gasteiger partial charge < -0.3 is 14.7 Å². The van der Waals surface area contributed by atoms with Crippen molar-refractivity contribution in [3.63, 3.8) is 0 Å². The van der Waals surface area contributed by atoms with Crippen LogP contribution in [0.3, 0.4) is 0 Å². The number of amides is 1. The van der Waals surface area contributed by atoms with Crippen LogP contribution in [0.15, 0.2) is 29.0 Å². The van der Waals surface area contributed by atoms with Gasteiger partial charge in [0.25, 0.3) is 5.91 Å². The molecular weight excluding hydrogens is 340 g/mol. The van der Waals surface area contributed by atoms with Gasteiger partial charge in [0, 0.05) is 30.6 Å². The summed E-state index contributed by atoms with van der Waals surface area (Å²) < 4.78 is 5.34. The molecule has 1 aliphatic rings. The van der Waals surface area contributed by atoms with Crippen molar-refractivity contribution < 1.29 is 19.4 Å². The second kappa shape index (κ2) is 7.33. The van der Waals surface area contributed by atoms with Crippen molar-refractivity contribution >= 4 is 23.2 Å². The molecule has 6 nitrogen and oxygen atoms in total. The van der Waals surface area contributed by atoms with Crippen LogP contribution in [0.2, 0.25) is 0 Å². The van der Waals surface area contributed by atoms with Gasteiger partial charge in [0.05, 0.1) is 29.5 Å². The SMILES string of the molecule is COC1CC(CC(=O)O)N(C(=O)c2ccc(-c3ccsc3)nc2C)C1. The Kier molecular flexibility index (Phi) is 5.15. The molecule has 2 aromatic heterocycles. The Morgan fingerprint density at radius 3 is 2.80 bits per heavy atom. The monoisotopic (exact) mass is 360 g/mol. The molecule has 0 aliphatic carbocycles. The van der Waals surface area contributed by atoms with Crippen molar-refractivity contribution in [1.29, 1.82) is 0 Å². The lowest BCUT2D eigenvalue weighted by Crippen LogP contribution is -2.37. The first-order chi connectivity index (χ1) is 12.0. The van der Waals surface area contributed by atoms with Crippen LogP contribution in [0.1, 0.15) is 28.9 Å². The average Bonchev–Trinajstić information content (AvgIpc) is 3.23. The highest BCUT2D eigenvalue weighted by Gasteiger charge is 2.37. The number of rotatable bonds is 5. The van der Waals surface area contributed by atoms with Crippen LogP contribution in [-0.2, 0) is 9.53 Å². The lowest BCUT2D eigenvalue weighted by molar-refractivity contribution is -0.137. The van der Waals surface area contributed by atoms with Gasteiger partial charge in [-0.1, -0.05) is 0 Å². The summed E-state index contributed by atoms with van der Waals surface area (Å²) in [5.41, 5.74) is 3.00. The average molecular weight is 360 g/mol. The van der Waals surface area contributed by atoms with E-state index in [0.29, 0.717) is 24.2 Å². The molecule has 7 heteroatoms. The van der Waals surface area contributed by atoms with E-state index in [2.05, 4.69) is 4.98 Å². The first-order valence-electron chi connectivity index (χ1n) is 8.05. The topological polar surface area (TPSA) is 79.7 Å². The Balaban J connectivity index is 1.85. The van der Waals surface area contributed by atoms with Crippen LogP contribution in [0, 0.1) is 6.92 Å². The van der Waals surface area contributed by atoms with Crippen LogP contribution in [0.5, 0.6) is 0 Å². The van der Waals surface area contributed by atoms with E-state index >= 15 is 0 Å². The van der Waals surface area contributed by atoms with Gasteiger partial charge in [0.2, 0.25) is 0 Å². The van der Waals surface area contributed by atoms with Crippen molar-refractivity contribution in [2.75, 3.05) is 13.7 Å². The Labute approximate surface area is 150 Å². The number of pyridine rings is 1. The number of hydrogen-bond donors (Lipinski definition) is 1. The van der Waals surface area contributed by atoms with Crippen LogP contribution < -0.4 is 0 Å². The van der Waals surface area contributed by atoms with Gasteiger partial charge in [-0.15, -0.1) is 0 Å². The molecular formula is C18H20N2O4S. The molecule has 3 heterocycles. The molecule has 2 aromatic rings. The minimum atomic E-state index is -0.915. The van der Waals surface area contributed by atoms with Crippen LogP contribution in [-0.4, -0.2) is 52.7 Å². The number of carbonyl (C=O) groups is 2. The van der Waals surface area contributed by atoms with Crippen molar-refractivity contribution in [2.24, 2.45) is 0 Å². The Hall–Kier alpha value is -2.25. The zero-order chi connectivity index (χ0) is 18.0. The molecule has 1 N–H and O–H groups in total. The maximum atomic E-state index is 13.0. The highest BCUT2D eigenvalue weighted by molar-refractivity contribution is 7.08. The standard InChI is InChI=1S/C18H20N2O4S/c1-11-15(3-4-16(19-11)12-5-6-25-10-12)18(23)20-9-14(24-2)7-13(20)8-17(21)22/h3-6,10,13-14H,7-9H2,1-2H3,(H,21,22). The maximum absolute atomic E-state index is 13.0. The largest absolute Gasteiger partial charge is 0.481 e. The number of nitrogens with zero attached hydrogens (tertiary/aromatic N) is 2. The van der Waals surface area contributed by atoms with E-state index in [4.69, 9.17) is 9.84 Å². The number of aromatic nitrogens is 1. The third-order valence-corrected chi connectivity index (χ3v) is 5.20. The molecule has 0 aromatic carbocycles. The van der Waals surface area contributed by atoms with E-state index < -0.39 is 5.97 Å². The summed E-state index contributed by atoms with van der Waals surface area (Å²) in [6.45, 7) is 2.21. The first kappa shape index (κ1) is 17.6. The number of aliphatic carboxylic acids is 1. The summed E-state index contributed by atoms with van der Waals surface area (Å²) in [5, 5.41) is 13.1. The number of carboxylic acids is 1. The molecule has 1 amide bonds. The number of carbonyl (C=O) groups excluding carboxylic acids is 1. The summed E-state index contributed by atoms with van der Waals surface area (Å²) in [7, 11) is 1.58. The fourth-order valence-electron chi connectivity index (χ4n) is 3.20. The molecule has 2 unspecified atom stereocenters. The van der Waals surface area contributed by atoms with Crippen molar-refractivity contribution in [3.8, 4) is 11.3 Å². The van der Waals surface area contributed by atoms with Crippen molar-refractivity contribution in [1.82, 2.24) is 9.88 Å². The zero-order valence-electron chi connectivity index (χ0n) is 14.1. The molecule has 0 radical (unpaired) electrons. The second-order valence-electron chi connectivity index (χ2n) is 6.14. The molecule has 1 aliphatic heterocycles. The van der Waals surface area contributed by atoms with Gasteiger partial charge in [0.1, 0.15) is 0 Å². The van der Waals surface area contributed by atoms with Gasteiger partial charge in [-0.3, -0.25) is 14.6 Å². The molecule has 25 heavy (non-hydrogen) atoms. The fraction of sp³-hybridized carbons (Fsp3) is 0.389. The van der Waals surface area contributed by atoms with E-state index in [0.717, 1.165) is 11.3 Å². The van der Waals surface area contributed by atoms with Crippen LogP contribution in [0.25, 0.3) is 11.3 Å². The van der Waals surface area contributed by atoms with Crippen molar-refractivity contribution in [2.45, 2.75) is 31.9 Å². The van der Waals surface area contributed by atoms with E-state index in [1.165, 1.54) is 0 Å². The highest BCUT2D eigenvalue weighted by atomic mass is 32.1. The van der Waals surface area contributed by atoms with Gasteiger partial charge in [-0.2, -0.15) is 11.3 Å². The van der Waals surface area contributed by atoms with Gasteiger partial charge in [-0.25, -0.2) is 0 Å². The smallest absolute Gasteiger partial charge is 0.305 e. The summed E-state index contributed by atoms with van der Waals surface area (Å²) in [4.78, 5) is 30.2. The second-order valence-corrected chi connectivity index (χ2v) is 6.92. The van der Waals surface area contributed by atoms with E-state index in [1.807, 2.05) is 22.9 Å². The summed E-state index contributed by atoms with van der Waals surface area (Å²) >= 11 is 1.60. The summed E-state index contributed by atoms with van der Waals surface area (Å²) in [6, 6.07) is 5.24. The number of hydrogen-bond acceptors (Lipinski definition) is 5. The lowest BCUT2D eigenvalue weighted by atomic mass is 10.1. The van der Waals surface area contributed by atoms with Gasteiger partial charge in [0.15, 0.2) is 0 Å². The zero-order valence-corrected chi connectivity index (χ0v) is 15.0. The molecule has 3 rings (SSSR count). The minimum Gasteiger partial charge on any atom is -0.481 e. The predicted octanol–water partition coefficient (Wildman–Crippen LogP) is 2.82. The molecule has 0 spiro atoms. The third-order valence-electron chi connectivity index (χ3n) is 4.51. The number of methoxy groups -OCH3 is 1. The summed E-state index contributed by atoms with van der Waals surface area (Å²) in [6.07, 6.45) is 0.325. The normalized spacial score (nSPS) is 20.0. The van der Waals surface area contributed by atoms with E-state index in [1.54, 1.807) is 36.3 Å². The first-order valence-corrected chi connectivity index (χ1v) is 8.99. The number of thiophene rings is 1. The van der Waals surface area contributed by atoms with Crippen molar-refractivity contribution in [3.05, 3.63) is 40.2 Å². The number of aryl methyl sites for hydroxylation is 1. The fourth-order valence-corrected chi connectivity index (χ4v) is 3.85. The van der Waals surface area contributed by atoms with E-state index in [9.17, 15) is 9.59 Å². The number of likely N-dealkylation sites (tertiary alicyclic amines) is 1. The third kappa shape index (κ3) is 3.72. The highest BCUT2D eigenvalue weighted by Crippen LogP contribution is 2.27. The number of ether oxygens (including phenoxy) is 1. The quantitative estimate of drug-likeness (QED) is 0.887. The lowest BCUT2D eigenvalue weighted by Gasteiger charge is -2.24. The predicted molar refractivity (Wildman–Crippen MR) is 94.8 cm³/mol.